The van der Waals surface area contributed by atoms with Gasteiger partial charge in [0.05, 0.1) is 34.2 Å². The minimum Gasteiger partial charge on any atom is -0.321 e. The second-order valence-corrected chi connectivity index (χ2v) is 5.46. The summed E-state index contributed by atoms with van der Waals surface area (Å²) < 4.78 is 0. The highest BCUT2D eigenvalue weighted by molar-refractivity contribution is 6.30. The van der Waals surface area contributed by atoms with Crippen LogP contribution >= 0.6 is 0 Å². The molecule has 0 radical (unpaired) electrons. The zero-order valence-electron chi connectivity index (χ0n) is 12.5. The Morgan fingerprint density at radius 3 is 1.71 bits per heavy atom. The summed E-state index contributed by atoms with van der Waals surface area (Å²) in [6.45, 7) is 0. The molecule has 0 bridgehead atoms. The fraction of sp³-hybridized carbons (Fsp3) is 0. The summed E-state index contributed by atoms with van der Waals surface area (Å²) in [7, 11) is 0. The molecule has 0 saturated heterocycles. The molecule has 2 N–H and O–H groups in total. The zero-order valence-corrected chi connectivity index (χ0v) is 12.5. The van der Waals surface area contributed by atoms with Crippen LogP contribution in [0.25, 0.3) is 11.4 Å². The van der Waals surface area contributed by atoms with Crippen LogP contribution in [0, 0.1) is 11.3 Å². The monoisotopic (exact) mass is 313 g/mol. The summed E-state index contributed by atoms with van der Waals surface area (Å²) >= 11 is 0. The van der Waals surface area contributed by atoms with Crippen LogP contribution in [-0.2, 0) is 9.59 Å². The molecule has 0 atom stereocenters. The second-order valence-electron chi connectivity index (χ2n) is 5.46. The van der Waals surface area contributed by atoms with Gasteiger partial charge in [0.1, 0.15) is 0 Å². The molecule has 4 rings (SSSR count). The van der Waals surface area contributed by atoms with E-state index in [1.165, 1.54) is 0 Å². The normalized spacial score (nSPS) is 16.0. The summed E-state index contributed by atoms with van der Waals surface area (Å²) in [6, 6.07) is 18.1. The maximum absolute atomic E-state index is 12.4. The van der Waals surface area contributed by atoms with Crippen LogP contribution in [0.2, 0.25) is 0 Å². The van der Waals surface area contributed by atoms with Gasteiger partial charge in [-0.05, 0) is 23.3 Å². The molecule has 2 aromatic carbocycles. The molecule has 2 amide bonds. The Balaban J connectivity index is 1.88. The van der Waals surface area contributed by atoms with Crippen LogP contribution < -0.4 is 10.6 Å². The Morgan fingerprint density at radius 1 is 0.708 bits per heavy atom. The van der Waals surface area contributed by atoms with E-state index in [2.05, 4.69) is 10.6 Å². The number of hydrogen-bond donors (Lipinski definition) is 2. The Bertz CT molecular complexity index is 978. The van der Waals surface area contributed by atoms with Crippen molar-refractivity contribution in [3.05, 3.63) is 82.4 Å². The largest absolute Gasteiger partial charge is 0.321 e. The first-order valence-corrected chi connectivity index (χ1v) is 7.36. The molecule has 0 spiro atoms. The number of hydrogen-bond acceptors (Lipinski definition) is 3. The summed E-state index contributed by atoms with van der Waals surface area (Å²) in [5, 5.41) is 14.5. The van der Waals surface area contributed by atoms with E-state index >= 15 is 0 Å². The molecule has 0 fully saturated rings. The number of benzene rings is 2. The molecular weight excluding hydrogens is 302 g/mol. The average molecular weight is 313 g/mol. The number of fused-ring (bicyclic) bond motifs is 1. The van der Waals surface area contributed by atoms with Gasteiger partial charge in [0.25, 0.3) is 11.8 Å². The Kier molecular flexibility index (Phi) is 3.04. The van der Waals surface area contributed by atoms with Crippen LogP contribution in [0.5, 0.6) is 0 Å². The molecule has 2 aliphatic heterocycles. The van der Waals surface area contributed by atoms with E-state index in [0.717, 1.165) is 5.56 Å². The van der Waals surface area contributed by atoms with Crippen molar-refractivity contribution < 1.29 is 9.59 Å². The van der Waals surface area contributed by atoms with Crippen LogP contribution in [0.4, 0.5) is 0 Å². The molecule has 2 aromatic rings. The van der Waals surface area contributed by atoms with Crippen molar-refractivity contribution in [2.45, 2.75) is 0 Å². The van der Waals surface area contributed by atoms with Gasteiger partial charge in [-0.15, -0.1) is 0 Å². The number of rotatable bonds is 2. The molecule has 0 aliphatic carbocycles. The third-order valence-electron chi connectivity index (χ3n) is 4.05. The lowest BCUT2D eigenvalue weighted by Gasteiger charge is -2.07. The van der Waals surface area contributed by atoms with Gasteiger partial charge in [-0.1, -0.05) is 42.5 Å². The fourth-order valence-electron chi connectivity index (χ4n) is 2.93. The van der Waals surface area contributed by atoms with E-state index in [9.17, 15) is 9.59 Å². The first-order valence-electron chi connectivity index (χ1n) is 7.36. The van der Waals surface area contributed by atoms with Crippen LogP contribution in [0.3, 0.4) is 0 Å². The quantitative estimate of drug-likeness (QED) is 0.889. The van der Waals surface area contributed by atoms with Crippen molar-refractivity contribution in [3.8, 4) is 6.07 Å². The lowest BCUT2D eigenvalue weighted by Crippen LogP contribution is -2.21. The highest BCUT2D eigenvalue weighted by Crippen LogP contribution is 2.37. The first kappa shape index (κ1) is 14.0. The average Bonchev–Trinajstić information content (AvgIpc) is 3.15. The van der Waals surface area contributed by atoms with E-state index in [-0.39, 0.29) is 11.8 Å². The van der Waals surface area contributed by atoms with Crippen LogP contribution in [-0.4, -0.2) is 11.8 Å². The van der Waals surface area contributed by atoms with Gasteiger partial charge in [-0.2, -0.15) is 5.26 Å². The number of carbonyl (C=O) groups excluding carboxylic acids is 2. The van der Waals surface area contributed by atoms with E-state index in [1.54, 1.807) is 24.3 Å². The van der Waals surface area contributed by atoms with Gasteiger partial charge < -0.3 is 10.6 Å². The molecule has 0 unspecified atom stereocenters. The SMILES string of the molecule is N#Cc1ccc(C2=C3C(=O)NC(c4ccccc4)=C3C(=O)N2)cc1. The standard InChI is InChI=1S/C19H11N3O2/c20-10-11-6-8-13(9-7-11)17-15-14(18(23)22-17)16(21-19(15)24)12-4-2-1-3-5-12/h1-9H,(H,21,24)(H,22,23). The van der Waals surface area contributed by atoms with Gasteiger partial charge >= 0.3 is 0 Å². The second kappa shape index (κ2) is 5.21. The fourth-order valence-corrected chi connectivity index (χ4v) is 2.93. The summed E-state index contributed by atoms with van der Waals surface area (Å²) in [5.74, 6) is -0.608. The highest BCUT2D eigenvalue weighted by atomic mass is 16.2. The molecule has 5 nitrogen and oxygen atoms in total. The molecule has 5 heteroatoms. The highest BCUT2D eigenvalue weighted by Gasteiger charge is 2.40. The minimum atomic E-state index is -0.304. The number of carbonyl (C=O) groups is 2. The third-order valence-corrected chi connectivity index (χ3v) is 4.05. The predicted molar refractivity (Wildman–Crippen MR) is 87.7 cm³/mol. The lowest BCUT2D eigenvalue weighted by molar-refractivity contribution is -0.117. The molecule has 24 heavy (non-hydrogen) atoms. The molecule has 0 saturated carbocycles. The minimum absolute atomic E-state index is 0.304. The Morgan fingerprint density at radius 2 is 1.21 bits per heavy atom. The van der Waals surface area contributed by atoms with E-state index < -0.39 is 0 Å². The third kappa shape index (κ3) is 2.02. The zero-order chi connectivity index (χ0) is 16.7. The van der Waals surface area contributed by atoms with Crippen molar-refractivity contribution in [3.63, 3.8) is 0 Å². The molecule has 0 aromatic heterocycles. The number of nitrogens with zero attached hydrogens (tertiary/aromatic N) is 1. The van der Waals surface area contributed by atoms with Crippen molar-refractivity contribution in [1.82, 2.24) is 10.6 Å². The van der Waals surface area contributed by atoms with Gasteiger partial charge in [-0.3, -0.25) is 9.59 Å². The van der Waals surface area contributed by atoms with Gasteiger partial charge in [0.2, 0.25) is 0 Å². The Labute approximate surface area is 137 Å². The van der Waals surface area contributed by atoms with E-state index in [4.69, 9.17) is 5.26 Å². The number of amides is 2. The molecular formula is C19H11N3O2. The van der Waals surface area contributed by atoms with Gasteiger partial charge in [0.15, 0.2) is 0 Å². The van der Waals surface area contributed by atoms with Crippen molar-refractivity contribution in [2.75, 3.05) is 0 Å². The molecule has 114 valence electrons. The lowest BCUT2D eigenvalue weighted by atomic mass is 10.0. The van der Waals surface area contributed by atoms with Crippen molar-refractivity contribution in [1.29, 1.82) is 5.26 Å². The smallest absolute Gasteiger partial charge is 0.258 e. The number of nitriles is 1. The van der Waals surface area contributed by atoms with Crippen molar-refractivity contribution >= 4 is 23.2 Å². The predicted octanol–water partition coefficient (Wildman–Crippen LogP) is 1.94. The van der Waals surface area contributed by atoms with Gasteiger partial charge in [-0.25, -0.2) is 0 Å². The van der Waals surface area contributed by atoms with Crippen molar-refractivity contribution in [2.24, 2.45) is 0 Å². The molecule has 2 heterocycles. The maximum Gasteiger partial charge on any atom is 0.258 e. The van der Waals surface area contributed by atoms with E-state index in [0.29, 0.717) is 33.7 Å². The summed E-state index contributed by atoms with van der Waals surface area (Å²) in [6.07, 6.45) is 0. The number of nitrogens with one attached hydrogen (secondary N) is 2. The maximum atomic E-state index is 12.4. The summed E-state index contributed by atoms with van der Waals surface area (Å²) in [4.78, 5) is 24.9. The summed E-state index contributed by atoms with van der Waals surface area (Å²) in [5.41, 5.74) is 3.71. The Hall–Kier alpha value is -3.65. The first-order chi connectivity index (χ1) is 11.7. The van der Waals surface area contributed by atoms with Crippen LogP contribution in [0.1, 0.15) is 16.7 Å². The van der Waals surface area contributed by atoms with Gasteiger partial charge in [0, 0.05) is 0 Å². The van der Waals surface area contributed by atoms with E-state index in [1.807, 2.05) is 36.4 Å². The van der Waals surface area contributed by atoms with Crippen LogP contribution in [0.15, 0.2) is 65.7 Å². The molecule has 2 aliphatic rings. The topological polar surface area (TPSA) is 82.0 Å².